The highest BCUT2D eigenvalue weighted by Crippen LogP contribution is 2.23. The van der Waals surface area contributed by atoms with Gasteiger partial charge in [0.25, 0.3) is 5.91 Å². The first-order valence-electron chi connectivity index (χ1n) is 6.40. The molecular formula is C13H19N3O. The molecular weight excluding hydrogens is 214 g/mol. The van der Waals surface area contributed by atoms with Crippen LogP contribution in [0.15, 0.2) is 18.6 Å². The minimum absolute atomic E-state index is 0.0208. The van der Waals surface area contributed by atoms with Crippen LogP contribution in [0.2, 0.25) is 0 Å². The summed E-state index contributed by atoms with van der Waals surface area (Å²) in [4.78, 5) is 22.3. The highest BCUT2D eigenvalue weighted by atomic mass is 16.2. The van der Waals surface area contributed by atoms with Crippen molar-refractivity contribution in [2.75, 3.05) is 6.54 Å². The monoisotopic (exact) mass is 233 g/mol. The van der Waals surface area contributed by atoms with Gasteiger partial charge in [-0.2, -0.15) is 0 Å². The van der Waals surface area contributed by atoms with Gasteiger partial charge in [0, 0.05) is 25.0 Å². The van der Waals surface area contributed by atoms with Crippen molar-refractivity contribution in [3.63, 3.8) is 0 Å². The lowest BCUT2D eigenvalue weighted by Gasteiger charge is -2.33. The van der Waals surface area contributed by atoms with Crippen LogP contribution in [-0.4, -0.2) is 33.4 Å². The average Bonchev–Trinajstić information content (AvgIpc) is 2.42. The Balaban J connectivity index is 2.09. The van der Waals surface area contributed by atoms with Crippen LogP contribution < -0.4 is 0 Å². The molecule has 1 heterocycles. The number of rotatable bonds is 3. The van der Waals surface area contributed by atoms with Crippen LogP contribution in [-0.2, 0) is 0 Å². The van der Waals surface area contributed by atoms with Crippen molar-refractivity contribution >= 4 is 5.91 Å². The van der Waals surface area contributed by atoms with Gasteiger partial charge >= 0.3 is 0 Å². The van der Waals surface area contributed by atoms with Gasteiger partial charge in [0.05, 0.1) is 6.20 Å². The number of nitrogens with zero attached hydrogens (tertiary/aromatic N) is 3. The number of amides is 1. The molecule has 1 aromatic rings. The maximum Gasteiger partial charge on any atom is 0.274 e. The molecule has 92 valence electrons. The lowest BCUT2D eigenvalue weighted by atomic mass is 9.94. The minimum Gasteiger partial charge on any atom is -0.335 e. The first kappa shape index (κ1) is 12.0. The zero-order chi connectivity index (χ0) is 12.1. The Hall–Kier alpha value is -1.45. The predicted molar refractivity (Wildman–Crippen MR) is 65.6 cm³/mol. The number of hydrogen-bond acceptors (Lipinski definition) is 3. The van der Waals surface area contributed by atoms with Gasteiger partial charge in [-0.25, -0.2) is 4.98 Å². The lowest BCUT2D eigenvalue weighted by Crippen LogP contribution is -2.41. The normalized spacial score (nSPS) is 16.8. The van der Waals surface area contributed by atoms with E-state index in [4.69, 9.17) is 0 Å². The summed E-state index contributed by atoms with van der Waals surface area (Å²) in [7, 11) is 0. The Bertz CT molecular complexity index is 360. The largest absolute Gasteiger partial charge is 0.335 e. The standard InChI is InChI=1S/C13H19N3O/c1-2-16(11-6-4-3-5-7-11)13(17)12-10-14-8-9-15-12/h8-11H,2-7H2,1H3. The molecule has 1 saturated carbocycles. The quantitative estimate of drug-likeness (QED) is 0.804. The number of hydrogen-bond donors (Lipinski definition) is 0. The summed E-state index contributed by atoms with van der Waals surface area (Å²) < 4.78 is 0. The van der Waals surface area contributed by atoms with Crippen molar-refractivity contribution in [3.05, 3.63) is 24.3 Å². The SMILES string of the molecule is CCN(C(=O)c1cnccn1)C1CCCCC1. The summed E-state index contributed by atoms with van der Waals surface area (Å²) >= 11 is 0. The minimum atomic E-state index is 0.0208. The Morgan fingerprint density at radius 3 is 2.71 bits per heavy atom. The molecule has 4 nitrogen and oxygen atoms in total. The smallest absolute Gasteiger partial charge is 0.274 e. The van der Waals surface area contributed by atoms with Gasteiger partial charge in [-0.3, -0.25) is 9.78 Å². The third-order valence-electron chi connectivity index (χ3n) is 3.40. The fourth-order valence-electron chi connectivity index (χ4n) is 2.52. The van der Waals surface area contributed by atoms with E-state index < -0.39 is 0 Å². The van der Waals surface area contributed by atoms with Crippen molar-refractivity contribution in [3.8, 4) is 0 Å². The molecule has 0 aromatic carbocycles. The van der Waals surface area contributed by atoms with Gasteiger partial charge in [-0.1, -0.05) is 19.3 Å². The second-order valence-electron chi connectivity index (χ2n) is 4.47. The number of aromatic nitrogens is 2. The maximum absolute atomic E-state index is 12.3. The molecule has 0 N–H and O–H groups in total. The first-order valence-corrected chi connectivity index (χ1v) is 6.40. The molecule has 1 aliphatic carbocycles. The van der Waals surface area contributed by atoms with Crippen LogP contribution in [0, 0.1) is 0 Å². The van der Waals surface area contributed by atoms with Crippen LogP contribution in [0.25, 0.3) is 0 Å². The zero-order valence-corrected chi connectivity index (χ0v) is 10.3. The lowest BCUT2D eigenvalue weighted by molar-refractivity contribution is 0.0641. The molecule has 0 aliphatic heterocycles. The van der Waals surface area contributed by atoms with Crippen molar-refractivity contribution in [2.24, 2.45) is 0 Å². The Labute approximate surface area is 102 Å². The summed E-state index contributed by atoms with van der Waals surface area (Å²) in [6.45, 7) is 2.78. The molecule has 1 aliphatic rings. The zero-order valence-electron chi connectivity index (χ0n) is 10.3. The van der Waals surface area contributed by atoms with E-state index in [1.54, 1.807) is 18.6 Å². The first-order chi connectivity index (χ1) is 8.33. The van der Waals surface area contributed by atoms with Crippen LogP contribution in [0.1, 0.15) is 49.5 Å². The van der Waals surface area contributed by atoms with Crippen LogP contribution in [0.5, 0.6) is 0 Å². The van der Waals surface area contributed by atoms with Gasteiger partial charge in [0.1, 0.15) is 5.69 Å². The summed E-state index contributed by atoms with van der Waals surface area (Å²) in [5.41, 5.74) is 0.458. The van der Waals surface area contributed by atoms with Crippen LogP contribution in [0.4, 0.5) is 0 Å². The van der Waals surface area contributed by atoms with E-state index in [1.165, 1.54) is 19.3 Å². The van der Waals surface area contributed by atoms with Gasteiger partial charge in [-0.15, -0.1) is 0 Å². The van der Waals surface area contributed by atoms with E-state index in [0.29, 0.717) is 11.7 Å². The van der Waals surface area contributed by atoms with E-state index in [0.717, 1.165) is 19.4 Å². The fourth-order valence-corrected chi connectivity index (χ4v) is 2.52. The average molecular weight is 233 g/mol. The summed E-state index contributed by atoms with van der Waals surface area (Å²) in [6, 6.07) is 0.392. The highest BCUT2D eigenvalue weighted by Gasteiger charge is 2.25. The summed E-state index contributed by atoms with van der Waals surface area (Å²) in [5, 5.41) is 0. The molecule has 0 saturated heterocycles. The molecule has 1 amide bonds. The third-order valence-corrected chi connectivity index (χ3v) is 3.40. The van der Waals surface area contributed by atoms with Gasteiger partial charge in [0.15, 0.2) is 0 Å². The predicted octanol–water partition coefficient (Wildman–Crippen LogP) is 2.27. The van der Waals surface area contributed by atoms with Gasteiger partial charge in [-0.05, 0) is 19.8 Å². The Morgan fingerprint density at radius 1 is 1.35 bits per heavy atom. The van der Waals surface area contributed by atoms with Crippen molar-refractivity contribution in [1.82, 2.24) is 14.9 Å². The molecule has 0 bridgehead atoms. The molecule has 4 heteroatoms. The molecule has 17 heavy (non-hydrogen) atoms. The van der Waals surface area contributed by atoms with E-state index >= 15 is 0 Å². The molecule has 2 rings (SSSR count). The molecule has 1 aromatic heterocycles. The van der Waals surface area contributed by atoms with Gasteiger partial charge in [0.2, 0.25) is 0 Å². The van der Waals surface area contributed by atoms with Crippen LogP contribution >= 0.6 is 0 Å². The summed E-state index contributed by atoms with van der Waals surface area (Å²) in [6.07, 6.45) is 10.7. The second kappa shape index (κ2) is 5.75. The molecule has 0 unspecified atom stereocenters. The van der Waals surface area contributed by atoms with Crippen molar-refractivity contribution < 1.29 is 4.79 Å². The number of carbonyl (C=O) groups excluding carboxylic acids is 1. The Morgan fingerprint density at radius 2 is 2.12 bits per heavy atom. The second-order valence-corrected chi connectivity index (χ2v) is 4.47. The molecule has 0 spiro atoms. The van der Waals surface area contributed by atoms with E-state index in [1.807, 2.05) is 11.8 Å². The topological polar surface area (TPSA) is 46.1 Å². The number of carbonyl (C=O) groups is 1. The maximum atomic E-state index is 12.3. The van der Waals surface area contributed by atoms with E-state index in [2.05, 4.69) is 9.97 Å². The van der Waals surface area contributed by atoms with Crippen molar-refractivity contribution in [1.29, 1.82) is 0 Å². The van der Waals surface area contributed by atoms with E-state index in [-0.39, 0.29) is 5.91 Å². The molecule has 1 fully saturated rings. The van der Waals surface area contributed by atoms with Crippen molar-refractivity contribution in [2.45, 2.75) is 45.1 Å². The van der Waals surface area contributed by atoms with Gasteiger partial charge < -0.3 is 4.90 Å². The molecule has 0 radical (unpaired) electrons. The Kier molecular flexibility index (Phi) is 4.07. The third kappa shape index (κ3) is 2.81. The highest BCUT2D eigenvalue weighted by molar-refractivity contribution is 5.92. The summed E-state index contributed by atoms with van der Waals surface area (Å²) in [5.74, 6) is 0.0208. The fraction of sp³-hybridized carbons (Fsp3) is 0.615. The van der Waals surface area contributed by atoms with Crippen LogP contribution in [0.3, 0.4) is 0 Å². The molecule has 0 atom stereocenters. The van der Waals surface area contributed by atoms with E-state index in [9.17, 15) is 4.79 Å².